The summed E-state index contributed by atoms with van der Waals surface area (Å²) < 4.78 is 34.3. The van der Waals surface area contributed by atoms with Gasteiger partial charge >= 0.3 is 6.11 Å². The van der Waals surface area contributed by atoms with E-state index >= 15 is 0 Å². The Balaban J connectivity index is 1.62. The van der Waals surface area contributed by atoms with Crippen molar-refractivity contribution < 1.29 is 18.3 Å². The van der Waals surface area contributed by atoms with E-state index in [2.05, 4.69) is 13.5 Å². The highest BCUT2D eigenvalue weighted by molar-refractivity contribution is 6.04. The molecule has 2 aromatic rings. The first-order chi connectivity index (χ1) is 13.9. The van der Waals surface area contributed by atoms with Gasteiger partial charge in [0, 0.05) is 5.56 Å². The number of alkyl halides is 2. The molecule has 1 aliphatic carbocycles. The van der Waals surface area contributed by atoms with Gasteiger partial charge in [0.15, 0.2) is 5.78 Å². The second kappa shape index (κ2) is 9.34. The molecule has 0 unspecified atom stereocenters. The first-order valence-electron chi connectivity index (χ1n) is 10.4. The van der Waals surface area contributed by atoms with Gasteiger partial charge in [-0.05, 0) is 60.9 Å². The van der Waals surface area contributed by atoms with Gasteiger partial charge in [-0.25, -0.2) is 0 Å². The summed E-state index contributed by atoms with van der Waals surface area (Å²) in [5.74, 6) is -0.0936. The van der Waals surface area contributed by atoms with Crippen molar-refractivity contribution in [1.29, 1.82) is 0 Å². The third kappa shape index (κ3) is 5.31. The predicted octanol–water partition coefficient (Wildman–Crippen LogP) is 7.30. The van der Waals surface area contributed by atoms with Crippen LogP contribution in [0.15, 0.2) is 61.2 Å². The van der Waals surface area contributed by atoms with Crippen molar-refractivity contribution in [2.45, 2.75) is 51.6 Å². The summed E-state index contributed by atoms with van der Waals surface area (Å²) in [6.07, 6.45) is 3.13. The van der Waals surface area contributed by atoms with Gasteiger partial charge in [-0.1, -0.05) is 62.7 Å². The van der Waals surface area contributed by atoms with Crippen LogP contribution < -0.4 is 4.74 Å². The van der Waals surface area contributed by atoms with Crippen molar-refractivity contribution in [2.75, 3.05) is 0 Å². The van der Waals surface area contributed by atoms with E-state index in [0.717, 1.165) is 36.8 Å². The van der Waals surface area contributed by atoms with Crippen molar-refractivity contribution in [3.05, 3.63) is 66.7 Å². The minimum absolute atomic E-state index is 0.133. The molecular weight excluding hydrogens is 370 g/mol. The van der Waals surface area contributed by atoms with Crippen LogP contribution in [0.4, 0.5) is 8.78 Å². The lowest BCUT2D eigenvalue weighted by atomic mass is 9.79. The summed E-state index contributed by atoms with van der Waals surface area (Å²) >= 11 is 0. The van der Waals surface area contributed by atoms with E-state index in [1.165, 1.54) is 6.08 Å². The summed E-state index contributed by atoms with van der Waals surface area (Å²) in [4.78, 5) is 11.6. The zero-order valence-corrected chi connectivity index (χ0v) is 16.9. The van der Waals surface area contributed by atoms with Crippen molar-refractivity contribution in [1.82, 2.24) is 0 Å². The number of hydrogen-bond acceptors (Lipinski definition) is 2. The minimum atomic E-state index is -3.15. The zero-order chi connectivity index (χ0) is 20.9. The predicted molar refractivity (Wildman–Crippen MR) is 112 cm³/mol. The normalized spacial score (nSPS) is 19.6. The second-order valence-corrected chi connectivity index (χ2v) is 7.84. The number of carbonyl (C=O) groups is 1. The third-order valence-electron chi connectivity index (χ3n) is 5.82. The summed E-state index contributed by atoms with van der Waals surface area (Å²) in [7, 11) is 0. The van der Waals surface area contributed by atoms with Gasteiger partial charge < -0.3 is 4.74 Å². The van der Waals surface area contributed by atoms with Crippen LogP contribution in [0.1, 0.15) is 55.8 Å². The molecule has 0 aromatic heterocycles. The molecule has 0 saturated heterocycles. The maximum absolute atomic E-state index is 14.6. The molecule has 2 nitrogen and oxygen atoms in total. The number of rotatable bonds is 8. The lowest BCUT2D eigenvalue weighted by Gasteiger charge is -2.33. The Hall–Kier alpha value is -2.49. The lowest BCUT2D eigenvalue weighted by molar-refractivity contribution is -0.223. The number of hydrogen-bond donors (Lipinski definition) is 0. The Bertz CT molecular complexity index is 817. The molecule has 29 heavy (non-hydrogen) atoms. The Morgan fingerprint density at radius 1 is 1.03 bits per heavy atom. The first kappa shape index (κ1) is 21.2. The van der Waals surface area contributed by atoms with Crippen molar-refractivity contribution in [3.63, 3.8) is 0 Å². The van der Waals surface area contributed by atoms with Crippen LogP contribution in [0.3, 0.4) is 0 Å². The smallest absolute Gasteiger partial charge is 0.400 e. The van der Waals surface area contributed by atoms with Gasteiger partial charge in [0.25, 0.3) is 0 Å². The molecule has 1 fully saturated rings. The largest absolute Gasteiger partial charge is 0.432 e. The van der Waals surface area contributed by atoms with Crippen molar-refractivity contribution in [2.24, 2.45) is 11.8 Å². The third-order valence-corrected chi connectivity index (χ3v) is 5.82. The number of benzene rings is 2. The molecule has 3 rings (SSSR count). The average molecular weight is 398 g/mol. The standard InChI is InChI=1S/C25H28F2O2/c1-3-5-18-6-14-22(15-7-18)25(26,27)29-23-16-12-20(13-17-23)19-8-10-21(11-9-19)24(28)4-2/h4,8-13,16-18,22H,2-3,5-7,14-15H2,1H3. The topological polar surface area (TPSA) is 26.3 Å². The molecule has 2 aromatic carbocycles. The van der Waals surface area contributed by atoms with Gasteiger partial charge in [-0.15, -0.1) is 0 Å². The second-order valence-electron chi connectivity index (χ2n) is 7.84. The first-order valence-corrected chi connectivity index (χ1v) is 10.4. The van der Waals surface area contributed by atoms with Crippen LogP contribution in [0.25, 0.3) is 11.1 Å². The summed E-state index contributed by atoms with van der Waals surface area (Å²) in [6.45, 7) is 5.62. The minimum Gasteiger partial charge on any atom is -0.432 e. The van der Waals surface area contributed by atoms with Crippen LogP contribution in [0.5, 0.6) is 5.75 Å². The molecular formula is C25H28F2O2. The highest BCUT2D eigenvalue weighted by Crippen LogP contribution is 2.41. The van der Waals surface area contributed by atoms with Gasteiger partial charge in [0.05, 0.1) is 5.92 Å². The van der Waals surface area contributed by atoms with E-state index in [0.29, 0.717) is 24.3 Å². The lowest BCUT2D eigenvalue weighted by Crippen LogP contribution is -2.37. The fraction of sp³-hybridized carbons (Fsp3) is 0.400. The van der Waals surface area contributed by atoms with Crippen molar-refractivity contribution >= 4 is 5.78 Å². The van der Waals surface area contributed by atoms with Crippen LogP contribution in [0.2, 0.25) is 0 Å². The summed E-state index contributed by atoms with van der Waals surface area (Å²) in [5.41, 5.74) is 2.34. The van der Waals surface area contributed by atoms with Crippen LogP contribution in [0, 0.1) is 11.8 Å². The van der Waals surface area contributed by atoms with E-state index in [4.69, 9.17) is 4.74 Å². The molecule has 0 heterocycles. The van der Waals surface area contributed by atoms with E-state index < -0.39 is 12.0 Å². The Kier molecular flexibility index (Phi) is 6.83. The summed E-state index contributed by atoms with van der Waals surface area (Å²) in [5, 5.41) is 0. The molecule has 0 atom stereocenters. The molecule has 0 amide bonds. The highest BCUT2D eigenvalue weighted by Gasteiger charge is 2.43. The van der Waals surface area contributed by atoms with Gasteiger partial charge in [0.2, 0.25) is 0 Å². The zero-order valence-electron chi connectivity index (χ0n) is 16.9. The van der Waals surface area contributed by atoms with E-state index in [1.807, 2.05) is 12.1 Å². The number of ether oxygens (including phenoxy) is 1. The monoisotopic (exact) mass is 398 g/mol. The number of ketones is 1. The Labute approximate surface area is 171 Å². The molecule has 154 valence electrons. The Morgan fingerprint density at radius 3 is 2.10 bits per heavy atom. The average Bonchev–Trinajstić information content (AvgIpc) is 2.74. The van der Waals surface area contributed by atoms with Crippen LogP contribution in [-0.2, 0) is 0 Å². The van der Waals surface area contributed by atoms with Crippen LogP contribution >= 0.6 is 0 Å². The molecule has 0 radical (unpaired) electrons. The van der Waals surface area contributed by atoms with E-state index in [9.17, 15) is 13.6 Å². The van der Waals surface area contributed by atoms with Crippen molar-refractivity contribution in [3.8, 4) is 16.9 Å². The fourth-order valence-electron chi connectivity index (χ4n) is 4.10. The molecule has 0 N–H and O–H groups in total. The number of allylic oxidation sites excluding steroid dienone is 1. The fourth-order valence-corrected chi connectivity index (χ4v) is 4.10. The molecule has 1 saturated carbocycles. The van der Waals surface area contributed by atoms with E-state index in [1.54, 1.807) is 36.4 Å². The number of halogens is 2. The summed E-state index contributed by atoms with van der Waals surface area (Å²) in [6, 6.07) is 13.8. The van der Waals surface area contributed by atoms with Gasteiger partial charge in [0.1, 0.15) is 5.75 Å². The molecule has 4 heteroatoms. The molecule has 0 spiro atoms. The SMILES string of the molecule is C=CC(=O)c1ccc(-c2ccc(OC(F)(F)C3CCC(CCC)CC3)cc2)cc1. The number of carbonyl (C=O) groups excluding carboxylic acids is 1. The Morgan fingerprint density at radius 2 is 1.59 bits per heavy atom. The molecule has 0 bridgehead atoms. The molecule has 0 aliphatic heterocycles. The van der Waals surface area contributed by atoms with E-state index in [-0.39, 0.29) is 11.5 Å². The highest BCUT2D eigenvalue weighted by atomic mass is 19.3. The van der Waals surface area contributed by atoms with Crippen LogP contribution in [-0.4, -0.2) is 11.9 Å². The maximum Gasteiger partial charge on any atom is 0.400 e. The van der Waals surface area contributed by atoms with Gasteiger partial charge in [-0.3, -0.25) is 4.79 Å². The van der Waals surface area contributed by atoms with Gasteiger partial charge in [-0.2, -0.15) is 8.78 Å². The maximum atomic E-state index is 14.6. The quantitative estimate of drug-likeness (QED) is 0.344. The molecule has 1 aliphatic rings.